The van der Waals surface area contributed by atoms with Gasteiger partial charge in [0.25, 0.3) is 10.2 Å². The molecule has 0 spiro atoms. The third kappa shape index (κ3) is 4.99. The van der Waals surface area contributed by atoms with E-state index in [0.717, 1.165) is 0 Å². The molecule has 2 atom stereocenters. The molecule has 0 radical (unpaired) electrons. The van der Waals surface area contributed by atoms with Crippen LogP contribution in [0, 0.1) is 5.92 Å². The Morgan fingerprint density at radius 3 is 2.71 bits per heavy atom. The van der Waals surface area contributed by atoms with E-state index < -0.39 is 22.1 Å². The van der Waals surface area contributed by atoms with Gasteiger partial charge in [-0.2, -0.15) is 17.9 Å². The Balaban J connectivity index is 2.36. The Labute approximate surface area is 101 Å². The predicted molar refractivity (Wildman–Crippen MR) is 60.7 cm³/mol. The summed E-state index contributed by atoms with van der Waals surface area (Å²) < 4.78 is 32.5. The number of hydrogen-bond acceptors (Lipinski definition) is 4. The largest absolute Gasteiger partial charge is 0.481 e. The maximum absolute atomic E-state index is 11.5. The van der Waals surface area contributed by atoms with Gasteiger partial charge < -0.3 is 9.84 Å². The van der Waals surface area contributed by atoms with Gasteiger partial charge in [0, 0.05) is 19.7 Å². The lowest BCUT2D eigenvalue weighted by Gasteiger charge is -2.13. The zero-order chi connectivity index (χ0) is 12.9. The first-order chi connectivity index (χ1) is 7.94. The van der Waals surface area contributed by atoms with E-state index in [1.165, 1.54) is 7.11 Å². The lowest BCUT2D eigenvalue weighted by molar-refractivity contribution is -0.141. The third-order valence-electron chi connectivity index (χ3n) is 2.70. The third-order valence-corrected chi connectivity index (χ3v) is 3.93. The van der Waals surface area contributed by atoms with Crippen molar-refractivity contribution in [3.63, 3.8) is 0 Å². The van der Waals surface area contributed by atoms with Gasteiger partial charge in [0.15, 0.2) is 0 Å². The molecule has 3 N–H and O–H groups in total. The van der Waals surface area contributed by atoms with Crippen LogP contribution in [-0.2, 0) is 19.7 Å². The van der Waals surface area contributed by atoms with Gasteiger partial charge >= 0.3 is 5.97 Å². The average molecular weight is 266 g/mol. The molecule has 7 nitrogen and oxygen atoms in total. The van der Waals surface area contributed by atoms with Crippen molar-refractivity contribution < 1.29 is 23.1 Å². The van der Waals surface area contributed by atoms with E-state index in [2.05, 4.69) is 9.44 Å². The lowest BCUT2D eigenvalue weighted by Crippen LogP contribution is -2.42. The highest BCUT2D eigenvalue weighted by molar-refractivity contribution is 7.87. The van der Waals surface area contributed by atoms with Crippen molar-refractivity contribution in [2.75, 3.05) is 20.3 Å². The lowest BCUT2D eigenvalue weighted by atomic mass is 10.1. The minimum absolute atomic E-state index is 0.195. The average Bonchev–Trinajstić information content (AvgIpc) is 2.65. The topological polar surface area (TPSA) is 105 Å². The molecule has 1 aliphatic carbocycles. The van der Waals surface area contributed by atoms with Crippen LogP contribution in [0.4, 0.5) is 0 Å². The fraction of sp³-hybridized carbons (Fsp3) is 0.889. The molecule has 0 heterocycles. The molecule has 1 aliphatic rings. The molecule has 0 aromatic heterocycles. The fourth-order valence-electron chi connectivity index (χ4n) is 1.85. The molecule has 17 heavy (non-hydrogen) atoms. The van der Waals surface area contributed by atoms with Gasteiger partial charge in [0.1, 0.15) is 0 Å². The number of hydrogen-bond donors (Lipinski definition) is 3. The van der Waals surface area contributed by atoms with Gasteiger partial charge in [-0.05, 0) is 19.3 Å². The number of ether oxygens (including phenoxy) is 1. The number of nitrogens with one attached hydrogen (secondary N) is 2. The Hall–Kier alpha value is -0.700. The number of carboxylic acids is 1. The van der Waals surface area contributed by atoms with E-state index >= 15 is 0 Å². The summed E-state index contributed by atoms with van der Waals surface area (Å²) in [6.07, 6.45) is 1.42. The molecule has 0 amide bonds. The van der Waals surface area contributed by atoms with Gasteiger partial charge in [0.2, 0.25) is 0 Å². The van der Waals surface area contributed by atoms with Crippen LogP contribution < -0.4 is 9.44 Å². The van der Waals surface area contributed by atoms with Crippen LogP contribution in [0.5, 0.6) is 0 Å². The Bertz CT molecular complexity index is 356. The van der Waals surface area contributed by atoms with E-state index in [9.17, 15) is 13.2 Å². The van der Waals surface area contributed by atoms with Crippen molar-refractivity contribution >= 4 is 16.2 Å². The molecule has 1 fully saturated rings. The minimum Gasteiger partial charge on any atom is -0.481 e. The zero-order valence-electron chi connectivity index (χ0n) is 9.68. The highest BCUT2D eigenvalue weighted by atomic mass is 32.2. The Morgan fingerprint density at radius 1 is 1.47 bits per heavy atom. The maximum Gasteiger partial charge on any atom is 0.306 e. The van der Waals surface area contributed by atoms with Crippen LogP contribution in [0.25, 0.3) is 0 Å². The molecule has 1 rings (SSSR count). The summed E-state index contributed by atoms with van der Waals surface area (Å²) in [4.78, 5) is 10.7. The number of rotatable bonds is 7. The molecular weight excluding hydrogens is 248 g/mol. The highest BCUT2D eigenvalue weighted by Gasteiger charge is 2.31. The van der Waals surface area contributed by atoms with E-state index in [1.54, 1.807) is 0 Å². The van der Waals surface area contributed by atoms with Crippen LogP contribution in [0.1, 0.15) is 19.3 Å². The van der Waals surface area contributed by atoms with E-state index in [1.807, 2.05) is 0 Å². The second-order valence-corrected chi connectivity index (χ2v) is 5.58. The summed E-state index contributed by atoms with van der Waals surface area (Å²) in [5.74, 6) is -1.30. The quantitative estimate of drug-likeness (QED) is 0.529. The van der Waals surface area contributed by atoms with Crippen molar-refractivity contribution in [3.05, 3.63) is 0 Å². The molecule has 0 bridgehead atoms. The van der Waals surface area contributed by atoms with Crippen LogP contribution in [0.2, 0.25) is 0 Å². The molecule has 0 unspecified atom stereocenters. The number of methoxy groups -OCH3 is 1. The SMILES string of the molecule is COCCNS(=O)(=O)N[C@H]1CC[C@@H](C(=O)O)C1. The van der Waals surface area contributed by atoms with Gasteiger partial charge in [-0.3, -0.25) is 4.79 Å². The van der Waals surface area contributed by atoms with Crippen LogP contribution in [0.15, 0.2) is 0 Å². The summed E-state index contributed by atoms with van der Waals surface area (Å²) in [6.45, 7) is 0.490. The first-order valence-corrected chi connectivity index (χ1v) is 6.91. The standard InChI is InChI=1S/C9H18N2O5S/c1-16-5-4-10-17(14,15)11-8-3-2-7(6-8)9(12)13/h7-8,10-11H,2-6H2,1H3,(H,12,13)/t7-,8+/m1/s1. The monoisotopic (exact) mass is 266 g/mol. The first-order valence-electron chi connectivity index (χ1n) is 5.43. The Kier molecular flexibility index (Phi) is 5.31. The molecule has 0 aromatic rings. The molecule has 100 valence electrons. The molecule has 1 saturated carbocycles. The van der Waals surface area contributed by atoms with E-state index in [-0.39, 0.29) is 12.6 Å². The van der Waals surface area contributed by atoms with Crippen LogP contribution >= 0.6 is 0 Å². The van der Waals surface area contributed by atoms with E-state index in [4.69, 9.17) is 9.84 Å². The van der Waals surface area contributed by atoms with Gasteiger partial charge in [0.05, 0.1) is 12.5 Å². The molecule has 8 heteroatoms. The molecule has 0 aliphatic heterocycles. The summed E-state index contributed by atoms with van der Waals surface area (Å²) in [6, 6.07) is -0.295. The smallest absolute Gasteiger partial charge is 0.306 e. The summed E-state index contributed by atoms with van der Waals surface area (Å²) in [5, 5.41) is 8.79. The highest BCUT2D eigenvalue weighted by Crippen LogP contribution is 2.25. The molecule has 0 saturated heterocycles. The number of aliphatic carboxylic acids is 1. The van der Waals surface area contributed by atoms with Crippen LogP contribution in [-0.4, -0.2) is 45.8 Å². The van der Waals surface area contributed by atoms with Crippen molar-refractivity contribution in [2.45, 2.75) is 25.3 Å². The van der Waals surface area contributed by atoms with Crippen LogP contribution in [0.3, 0.4) is 0 Å². The van der Waals surface area contributed by atoms with Crippen molar-refractivity contribution in [1.82, 2.24) is 9.44 Å². The van der Waals surface area contributed by atoms with Gasteiger partial charge in [-0.25, -0.2) is 0 Å². The number of carboxylic acid groups (broad SMARTS) is 1. The van der Waals surface area contributed by atoms with Crippen molar-refractivity contribution in [2.24, 2.45) is 5.92 Å². The minimum atomic E-state index is -3.56. The fourth-order valence-corrected chi connectivity index (χ4v) is 2.94. The normalized spacial score (nSPS) is 25.0. The van der Waals surface area contributed by atoms with Gasteiger partial charge in [-0.15, -0.1) is 0 Å². The first kappa shape index (κ1) is 14.4. The molecular formula is C9H18N2O5S. The summed E-state index contributed by atoms with van der Waals surface area (Å²) in [7, 11) is -2.08. The summed E-state index contributed by atoms with van der Waals surface area (Å²) >= 11 is 0. The second kappa shape index (κ2) is 6.29. The van der Waals surface area contributed by atoms with E-state index in [0.29, 0.717) is 25.9 Å². The van der Waals surface area contributed by atoms with Crippen molar-refractivity contribution in [1.29, 1.82) is 0 Å². The maximum atomic E-state index is 11.5. The predicted octanol–water partition coefficient (Wildman–Crippen LogP) is -0.690. The van der Waals surface area contributed by atoms with Gasteiger partial charge in [-0.1, -0.05) is 0 Å². The Morgan fingerprint density at radius 2 is 2.18 bits per heavy atom. The number of carbonyl (C=O) groups is 1. The van der Waals surface area contributed by atoms with Crippen molar-refractivity contribution in [3.8, 4) is 0 Å². The molecule has 0 aromatic carbocycles. The zero-order valence-corrected chi connectivity index (χ0v) is 10.5. The second-order valence-electron chi connectivity index (χ2n) is 4.05. The summed E-state index contributed by atoms with van der Waals surface area (Å²) in [5.41, 5.74) is 0.